The molecule has 2 aromatic carbocycles. The maximum atomic E-state index is 6.36. The second kappa shape index (κ2) is 6.45. The van der Waals surface area contributed by atoms with Gasteiger partial charge in [0, 0.05) is 18.1 Å². The van der Waals surface area contributed by atoms with Crippen molar-refractivity contribution in [3.8, 4) is 11.4 Å². The number of imidazole rings is 1. The molecule has 22 heavy (non-hydrogen) atoms. The molecular weight excluding hydrogens is 274 g/mol. The lowest BCUT2D eigenvalue weighted by molar-refractivity contribution is 0.414. The summed E-state index contributed by atoms with van der Waals surface area (Å²) in [5, 5.41) is 0. The Labute approximate surface area is 130 Å². The minimum atomic E-state index is -0.153. The van der Waals surface area contributed by atoms with Crippen molar-refractivity contribution in [1.82, 2.24) is 9.55 Å². The Kier molecular flexibility index (Phi) is 4.21. The van der Waals surface area contributed by atoms with Crippen molar-refractivity contribution in [2.24, 2.45) is 5.73 Å². The Bertz CT molecular complexity index is 720. The second-order valence-electron chi connectivity index (χ2n) is 5.15. The summed E-state index contributed by atoms with van der Waals surface area (Å²) in [6, 6.07) is 17.9. The number of methoxy groups -OCH3 is 1. The first kappa shape index (κ1) is 14.4. The third kappa shape index (κ3) is 3.02. The van der Waals surface area contributed by atoms with Gasteiger partial charge in [0.15, 0.2) is 0 Å². The molecule has 2 N–H and O–H groups in total. The van der Waals surface area contributed by atoms with E-state index < -0.39 is 0 Å². The summed E-state index contributed by atoms with van der Waals surface area (Å²) in [5.41, 5.74) is 8.59. The molecule has 4 nitrogen and oxygen atoms in total. The summed E-state index contributed by atoms with van der Waals surface area (Å²) in [4.78, 5) is 4.44. The van der Waals surface area contributed by atoms with Crippen LogP contribution in [0.5, 0.6) is 5.75 Å². The highest BCUT2D eigenvalue weighted by Gasteiger charge is 2.14. The van der Waals surface area contributed by atoms with E-state index in [1.807, 2.05) is 53.2 Å². The van der Waals surface area contributed by atoms with Gasteiger partial charge >= 0.3 is 0 Å². The van der Waals surface area contributed by atoms with E-state index in [2.05, 4.69) is 17.1 Å². The Morgan fingerprint density at radius 1 is 1.09 bits per heavy atom. The zero-order chi connectivity index (χ0) is 15.4. The molecule has 0 radical (unpaired) electrons. The standard InChI is InChI=1S/C18H19N3O/c1-22-16-9-7-15(8-10-16)21-12-11-20-18(21)17(19)13-14-5-3-2-4-6-14/h2-12,17H,13,19H2,1H3. The van der Waals surface area contributed by atoms with Gasteiger partial charge < -0.3 is 15.0 Å². The molecule has 0 aliphatic rings. The average molecular weight is 293 g/mol. The summed E-state index contributed by atoms with van der Waals surface area (Å²) in [5.74, 6) is 1.69. The van der Waals surface area contributed by atoms with Gasteiger partial charge in [0.25, 0.3) is 0 Å². The Hall–Kier alpha value is -2.59. The van der Waals surface area contributed by atoms with E-state index in [0.717, 1.165) is 23.7 Å². The zero-order valence-electron chi connectivity index (χ0n) is 12.5. The van der Waals surface area contributed by atoms with Crippen LogP contribution in [0.4, 0.5) is 0 Å². The molecule has 1 atom stereocenters. The predicted molar refractivity (Wildman–Crippen MR) is 87.2 cm³/mol. The summed E-state index contributed by atoms with van der Waals surface area (Å²) in [6.45, 7) is 0. The monoisotopic (exact) mass is 293 g/mol. The lowest BCUT2D eigenvalue weighted by atomic mass is 10.1. The molecule has 0 aliphatic carbocycles. The lowest BCUT2D eigenvalue weighted by Crippen LogP contribution is -2.18. The minimum absolute atomic E-state index is 0.153. The summed E-state index contributed by atoms with van der Waals surface area (Å²) < 4.78 is 7.21. The molecule has 112 valence electrons. The van der Waals surface area contributed by atoms with E-state index in [1.165, 1.54) is 5.56 Å². The van der Waals surface area contributed by atoms with Gasteiger partial charge in [0.2, 0.25) is 0 Å². The molecule has 3 rings (SSSR count). The van der Waals surface area contributed by atoms with Crippen molar-refractivity contribution in [2.75, 3.05) is 7.11 Å². The number of hydrogen-bond acceptors (Lipinski definition) is 3. The molecule has 0 saturated heterocycles. The van der Waals surface area contributed by atoms with E-state index in [1.54, 1.807) is 13.3 Å². The van der Waals surface area contributed by atoms with Gasteiger partial charge in [-0.15, -0.1) is 0 Å². The van der Waals surface area contributed by atoms with Gasteiger partial charge in [-0.05, 0) is 36.2 Å². The number of rotatable bonds is 5. The zero-order valence-corrected chi connectivity index (χ0v) is 12.5. The van der Waals surface area contributed by atoms with E-state index in [4.69, 9.17) is 10.5 Å². The highest BCUT2D eigenvalue weighted by atomic mass is 16.5. The molecule has 3 aromatic rings. The Morgan fingerprint density at radius 2 is 1.82 bits per heavy atom. The van der Waals surface area contributed by atoms with Crippen LogP contribution in [0.25, 0.3) is 5.69 Å². The maximum absolute atomic E-state index is 6.36. The third-order valence-corrected chi connectivity index (χ3v) is 3.65. The number of nitrogens with zero attached hydrogens (tertiary/aromatic N) is 2. The Balaban J connectivity index is 1.84. The molecule has 0 fully saturated rings. The molecule has 1 heterocycles. The van der Waals surface area contributed by atoms with Crippen LogP contribution >= 0.6 is 0 Å². The largest absolute Gasteiger partial charge is 0.497 e. The van der Waals surface area contributed by atoms with Crippen molar-refractivity contribution in [3.05, 3.63) is 78.4 Å². The Morgan fingerprint density at radius 3 is 2.50 bits per heavy atom. The minimum Gasteiger partial charge on any atom is -0.497 e. The van der Waals surface area contributed by atoms with Crippen molar-refractivity contribution in [2.45, 2.75) is 12.5 Å². The SMILES string of the molecule is COc1ccc(-n2ccnc2C(N)Cc2ccccc2)cc1. The van der Waals surface area contributed by atoms with Gasteiger partial charge in [-0.3, -0.25) is 0 Å². The van der Waals surface area contributed by atoms with E-state index in [9.17, 15) is 0 Å². The maximum Gasteiger partial charge on any atom is 0.130 e. The predicted octanol–water partition coefficient (Wildman–Crippen LogP) is 3.12. The van der Waals surface area contributed by atoms with Crippen LogP contribution in [0.3, 0.4) is 0 Å². The van der Waals surface area contributed by atoms with Gasteiger partial charge in [-0.25, -0.2) is 4.98 Å². The fourth-order valence-electron chi connectivity index (χ4n) is 2.51. The molecule has 0 saturated carbocycles. The van der Waals surface area contributed by atoms with Crippen LogP contribution in [-0.2, 0) is 6.42 Å². The number of nitrogens with two attached hydrogens (primary N) is 1. The molecular formula is C18H19N3O. The highest BCUT2D eigenvalue weighted by molar-refractivity contribution is 5.38. The summed E-state index contributed by atoms with van der Waals surface area (Å²) in [6.07, 6.45) is 4.47. The normalized spacial score (nSPS) is 12.1. The summed E-state index contributed by atoms with van der Waals surface area (Å²) in [7, 11) is 1.66. The van der Waals surface area contributed by atoms with E-state index >= 15 is 0 Å². The highest BCUT2D eigenvalue weighted by Crippen LogP contribution is 2.20. The molecule has 0 aliphatic heterocycles. The van der Waals surface area contributed by atoms with Crippen LogP contribution in [-0.4, -0.2) is 16.7 Å². The number of ether oxygens (including phenoxy) is 1. The quantitative estimate of drug-likeness (QED) is 0.786. The molecule has 0 amide bonds. The molecule has 0 spiro atoms. The topological polar surface area (TPSA) is 53.1 Å². The lowest BCUT2D eigenvalue weighted by Gasteiger charge is -2.14. The van der Waals surface area contributed by atoms with Crippen molar-refractivity contribution >= 4 is 0 Å². The van der Waals surface area contributed by atoms with Crippen molar-refractivity contribution in [1.29, 1.82) is 0 Å². The van der Waals surface area contributed by atoms with Gasteiger partial charge in [-0.1, -0.05) is 30.3 Å². The van der Waals surface area contributed by atoms with Crippen LogP contribution < -0.4 is 10.5 Å². The van der Waals surface area contributed by atoms with Crippen LogP contribution in [0.2, 0.25) is 0 Å². The molecule has 1 aromatic heterocycles. The van der Waals surface area contributed by atoms with Gasteiger partial charge in [0.1, 0.15) is 11.6 Å². The second-order valence-corrected chi connectivity index (χ2v) is 5.15. The fourth-order valence-corrected chi connectivity index (χ4v) is 2.51. The first-order valence-corrected chi connectivity index (χ1v) is 7.25. The summed E-state index contributed by atoms with van der Waals surface area (Å²) >= 11 is 0. The first-order valence-electron chi connectivity index (χ1n) is 7.25. The van der Waals surface area contributed by atoms with Gasteiger partial charge in [0.05, 0.1) is 13.2 Å². The van der Waals surface area contributed by atoms with Crippen LogP contribution in [0, 0.1) is 0 Å². The number of hydrogen-bond donors (Lipinski definition) is 1. The van der Waals surface area contributed by atoms with E-state index in [0.29, 0.717) is 0 Å². The van der Waals surface area contributed by atoms with Crippen molar-refractivity contribution in [3.63, 3.8) is 0 Å². The van der Waals surface area contributed by atoms with Crippen LogP contribution in [0.1, 0.15) is 17.4 Å². The van der Waals surface area contributed by atoms with Crippen molar-refractivity contribution < 1.29 is 4.74 Å². The van der Waals surface area contributed by atoms with Crippen LogP contribution in [0.15, 0.2) is 67.0 Å². The number of aromatic nitrogens is 2. The smallest absolute Gasteiger partial charge is 0.130 e. The molecule has 1 unspecified atom stereocenters. The number of benzene rings is 2. The van der Waals surface area contributed by atoms with E-state index in [-0.39, 0.29) is 6.04 Å². The average Bonchev–Trinajstić information content (AvgIpc) is 3.05. The molecule has 0 bridgehead atoms. The third-order valence-electron chi connectivity index (χ3n) is 3.65. The molecule has 4 heteroatoms. The van der Waals surface area contributed by atoms with Gasteiger partial charge in [-0.2, -0.15) is 0 Å². The fraction of sp³-hybridized carbons (Fsp3) is 0.167. The first-order chi connectivity index (χ1) is 10.8.